The highest BCUT2D eigenvalue weighted by Gasteiger charge is 2.28. The predicted octanol–water partition coefficient (Wildman–Crippen LogP) is 4.20. The molecule has 0 aliphatic carbocycles. The van der Waals surface area contributed by atoms with Gasteiger partial charge in [0, 0.05) is 24.1 Å². The normalized spacial score (nSPS) is 15.6. The molecule has 1 heterocycles. The summed E-state index contributed by atoms with van der Waals surface area (Å²) in [5.74, 6) is -2.08. The van der Waals surface area contributed by atoms with Gasteiger partial charge in [-0.1, -0.05) is 18.2 Å². The van der Waals surface area contributed by atoms with E-state index < -0.39 is 32.3 Å². The van der Waals surface area contributed by atoms with E-state index in [1.165, 1.54) is 22.5 Å². The third kappa shape index (κ3) is 4.28. The monoisotopic (exact) mass is 414 g/mol. The molecule has 10 heteroatoms. The summed E-state index contributed by atoms with van der Waals surface area (Å²) in [7, 11) is -3.81. The molecule has 27 heavy (non-hydrogen) atoms. The minimum atomic E-state index is -3.81. The summed E-state index contributed by atoms with van der Waals surface area (Å²) in [6.07, 6.45) is 2.47. The molecule has 0 unspecified atom stereocenters. The molecule has 1 aliphatic heterocycles. The van der Waals surface area contributed by atoms with Crippen molar-refractivity contribution in [2.45, 2.75) is 33.9 Å². The van der Waals surface area contributed by atoms with Crippen LogP contribution < -0.4 is 0 Å². The molecule has 0 spiro atoms. The van der Waals surface area contributed by atoms with Crippen molar-refractivity contribution in [2.24, 2.45) is 0 Å². The third-order valence-electron chi connectivity index (χ3n) is 4.20. The van der Waals surface area contributed by atoms with E-state index in [1.807, 2.05) is 0 Å². The second-order valence-electron chi connectivity index (χ2n) is 6.03. The molecular formula is C17H16F2N2O4S2. The number of hydrogen-bond acceptors (Lipinski definition) is 5. The van der Waals surface area contributed by atoms with Crippen LogP contribution in [0.5, 0.6) is 0 Å². The number of sulfonamides is 1. The summed E-state index contributed by atoms with van der Waals surface area (Å²) in [5, 5.41) is 11.4. The second kappa shape index (κ2) is 7.91. The fourth-order valence-electron chi connectivity index (χ4n) is 2.81. The molecule has 6 nitrogen and oxygen atoms in total. The van der Waals surface area contributed by atoms with Crippen LogP contribution in [0.15, 0.2) is 51.1 Å². The van der Waals surface area contributed by atoms with Crippen molar-refractivity contribution < 1.29 is 22.1 Å². The quantitative estimate of drug-likeness (QED) is 0.541. The first-order valence-corrected chi connectivity index (χ1v) is 10.5. The second-order valence-corrected chi connectivity index (χ2v) is 9.08. The predicted molar refractivity (Wildman–Crippen MR) is 96.2 cm³/mol. The van der Waals surface area contributed by atoms with Crippen LogP contribution in [-0.4, -0.2) is 30.7 Å². The summed E-state index contributed by atoms with van der Waals surface area (Å²) in [4.78, 5) is 11.0. The van der Waals surface area contributed by atoms with Crippen LogP contribution in [0.4, 0.5) is 14.5 Å². The first kappa shape index (κ1) is 19.7. The Morgan fingerprint density at radius 2 is 1.70 bits per heavy atom. The molecule has 2 aromatic rings. The lowest BCUT2D eigenvalue weighted by Gasteiger charge is -2.25. The van der Waals surface area contributed by atoms with Crippen LogP contribution in [0.1, 0.15) is 19.3 Å². The fourth-order valence-corrected chi connectivity index (χ4v) is 5.27. The Balaban J connectivity index is 1.95. The van der Waals surface area contributed by atoms with Crippen LogP contribution in [0, 0.1) is 21.7 Å². The summed E-state index contributed by atoms with van der Waals surface area (Å²) in [5.41, 5.74) is -0.400. The topological polar surface area (TPSA) is 80.5 Å². The zero-order chi connectivity index (χ0) is 19.6. The van der Waals surface area contributed by atoms with Crippen LogP contribution in [0.2, 0.25) is 0 Å². The number of nitro groups is 1. The summed E-state index contributed by atoms with van der Waals surface area (Å²) < 4.78 is 53.2. The molecule has 2 aromatic carbocycles. The van der Waals surface area contributed by atoms with Gasteiger partial charge in [0.15, 0.2) is 11.6 Å². The number of rotatable bonds is 5. The number of hydrogen-bond donors (Lipinski definition) is 0. The molecule has 0 aromatic heterocycles. The van der Waals surface area contributed by atoms with Gasteiger partial charge in [-0.3, -0.25) is 10.1 Å². The number of piperidine rings is 1. The Labute approximate surface area is 159 Å². The first-order valence-electron chi connectivity index (χ1n) is 8.20. The van der Waals surface area contributed by atoms with E-state index >= 15 is 0 Å². The Morgan fingerprint density at radius 1 is 1.00 bits per heavy atom. The number of nitro benzene ring substituents is 1. The molecular weight excluding hydrogens is 398 g/mol. The van der Waals surface area contributed by atoms with Gasteiger partial charge in [0.1, 0.15) is 0 Å². The summed E-state index contributed by atoms with van der Waals surface area (Å²) >= 11 is 0.864. The lowest BCUT2D eigenvalue weighted by atomic mass is 10.2. The largest absolute Gasteiger partial charge is 0.284 e. The van der Waals surface area contributed by atoms with Gasteiger partial charge >= 0.3 is 0 Å². The number of benzene rings is 2. The fraction of sp³-hybridized carbons (Fsp3) is 0.294. The third-order valence-corrected chi connectivity index (χ3v) is 7.15. The average molecular weight is 414 g/mol. The van der Waals surface area contributed by atoms with Gasteiger partial charge in [-0.15, -0.1) is 0 Å². The molecule has 0 bridgehead atoms. The maximum Gasteiger partial charge on any atom is 0.284 e. The molecule has 3 rings (SSSR count). The van der Waals surface area contributed by atoms with E-state index in [0.29, 0.717) is 13.1 Å². The molecule has 0 saturated carbocycles. The van der Waals surface area contributed by atoms with Crippen LogP contribution in [-0.2, 0) is 10.0 Å². The smallest absolute Gasteiger partial charge is 0.258 e. The Bertz CT molecular complexity index is 977. The maximum atomic E-state index is 13.4. The van der Waals surface area contributed by atoms with E-state index in [9.17, 15) is 27.3 Å². The maximum absolute atomic E-state index is 13.4. The highest BCUT2D eigenvalue weighted by Crippen LogP contribution is 2.37. The van der Waals surface area contributed by atoms with Crippen LogP contribution in [0.3, 0.4) is 0 Å². The molecule has 1 aliphatic rings. The van der Waals surface area contributed by atoms with Crippen LogP contribution in [0.25, 0.3) is 0 Å². The summed E-state index contributed by atoms with van der Waals surface area (Å²) in [6, 6.07) is 6.80. The molecule has 0 amide bonds. The van der Waals surface area contributed by atoms with Gasteiger partial charge in [0.25, 0.3) is 5.69 Å². The van der Waals surface area contributed by atoms with Gasteiger partial charge in [-0.05, 0) is 43.2 Å². The minimum Gasteiger partial charge on any atom is -0.258 e. The zero-order valence-corrected chi connectivity index (χ0v) is 15.7. The first-order chi connectivity index (χ1) is 12.8. The Hall–Kier alpha value is -2.04. The van der Waals surface area contributed by atoms with Gasteiger partial charge in [-0.2, -0.15) is 4.31 Å². The van der Waals surface area contributed by atoms with E-state index in [-0.39, 0.29) is 14.7 Å². The molecule has 144 valence electrons. The molecule has 0 N–H and O–H groups in total. The van der Waals surface area contributed by atoms with Gasteiger partial charge in [0.05, 0.1) is 14.7 Å². The van der Waals surface area contributed by atoms with Crippen molar-refractivity contribution in [1.82, 2.24) is 4.31 Å². The average Bonchev–Trinajstić information content (AvgIpc) is 2.65. The molecule has 0 radical (unpaired) electrons. The standard InChI is InChI=1S/C17H16F2N2O4S2/c18-14-6-4-12(10-15(14)19)26-17-7-5-13(11-16(17)21(22)23)27(24,25)20-8-2-1-3-9-20/h4-7,10-11H,1-3,8-9H2. The zero-order valence-electron chi connectivity index (χ0n) is 14.1. The van der Waals surface area contributed by atoms with Crippen molar-refractivity contribution in [2.75, 3.05) is 13.1 Å². The minimum absolute atomic E-state index is 0.142. The van der Waals surface area contributed by atoms with E-state index in [0.717, 1.165) is 49.2 Å². The molecule has 0 atom stereocenters. The highest BCUT2D eigenvalue weighted by atomic mass is 32.2. The lowest BCUT2D eigenvalue weighted by Crippen LogP contribution is -2.35. The summed E-state index contributed by atoms with van der Waals surface area (Å²) in [6.45, 7) is 0.781. The lowest BCUT2D eigenvalue weighted by molar-refractivity contribution is -0.388. The molecule has 1 fully saturated rings. The number of halogens is 2. The van der Waals surface area contributed by atoms with E-state index in [2.05, 4.69) is 0 Å². The number of nitrogens with zero attached hydrogens (tertiary/aromatic N) is 2. The van der Waals surface area contributed by atoms with Crippen LogP contribution >= 0.6 is 11.8 Å². The van der Waals surface area contributed by atoms with Crippen molar-refractivity contribution in [1.29, 1.82) is 0 Å². The SMILES string of the molecule is O=[N+]([O-])c1cc(S(=O)(=O)N2CCCCC2)ccc1Sc1ccc(F)c(F)c1. The highest BCUT2D eigenvalue weighted by molar-refractivity contribution is 7.99. The Morgan fingerprint density at radius 3 is 2.33 bits per heavy atom. The van der Waals surface area contributed by atoms with Crippen molar-refractivity contribution >= 4 is 27.5 Å². The van der Waals surface area contributed by atoms with Crippen molar-refractivity contribution in [3.63, 3.8) is 0 Å². The van der Waals surface area contributed by atoms with Gasteiger partial charge < -0.3 is 0 Å². The van der Waals surface area contributed by atoms with E-state index in [4.69, 9.17) is 0 Å². The van der Waals surface area contributed by atoms with E-state index in [1.54, 1.807) is 0 Å². The Kier molecular flexibility index (Phi) is 5.78. The van der Waals surface area contributed by atoms with Crippen molar-refractivity contribution in [3.8, 4) is 0 Å². The van der Waals surface area contributed by atoms with Gasteiger partial charge in [-0.25, -0.2) is 17.2 Å². The van der Waals surface area contributed by atoms with Crippen molar-refractivity contribution in [3.05, 3.63) is 58.1 Å². The van der Waals surface area contributed by atoms with Gasteiger partial charge in [0.2, 0.25) is 10.0 Å². The molecule has 1 saturated heterocycles.